The third-order valence-electron chi connectivity index (χ3n) is 3.80. The maximum atomic E-state index is 10.9. The number of nitro groups is 1. The van der Waals surface area contributed by atoms with Gasteiger partial charge in [-0.15, -0.1) is 0 Å². The second-order valence-corrected chi connectivity index (χ2v) is 5.87. The summed E-state index contributed by atoms with van der Waals surface area (Å²) in [5, 5.41) is 14.3. The summed E-state index contributed by atoms with van der Waals surface area (Å²) in [6.45, 7) is 6.23. The van der Waals surface area contributed by atoms with Crippen molar-refractivity contribution >= 4 is 11.5 Å². The summed E-state index contributed by atoms with van der Waals surface area (Å²) in [4.78, 5) is 14.8. The molecule has 5 nitrogen and oxygen atoms in total. The summed E-state index contributed by atoms with van der Waals surface area (Å²) in [6.07, 6.45) is 5.04. The van der Waals surface area contributed by atoms with Gasteiger partial charge in [0, 0.05) is 17.8 Å². The zero-order chi connectivity index (χ0) is 14.0. The van der Waals surface area contributed by atoms with Crippen molar-refractivity contribution in [1.29, 1.82) is 0 Å². The molecule has 0 aromatic carbocycles. The van der Waals surface area contributed by atoms with Crippen LogP contribution in [0.15, 0.2) is 12.3 Å². The molecule has 0 saturated heterocycles. The van der Waals surface area contributed by atoms with Crippen LogP contribution in [-0.2, 0) is 0 Å². The van der Waals surface area contributed by atoms with Gasteiger partial charge in [-0.25, -0.2) is 4.98 Å². The van der Waals surface area contributed by atoms with Crippen LogP contribution in [0.5, 0.6) is 0 Å². The molecule has 0 spiro atoms. The van der Waals surface area contributed by atoms with E-state index in [9.17, 15) is 10.1 Å². The van der Waals surface area contributed by atoms with Crippen LogP contribution < -0.4 is 5.32 Å². The van der Waals surface area contributed by atoms with Gasteiger partial charge < -0.3 is 5.32 Å². The first kappa shape index (κ1) is 13.8. The molecule has 19 heavy (non-hydrogen) atoms. The van der Waals surface area contributed by atoms with E-state index in [1.807, 2.05) is 0 Å². The molecule has 1 aliphatic rings. The van der Waals surface area contributed by atoms with Crippen molar-refractivity contribution in [2.75, 3.05) is 5.32 Å². The van der Waals surface area contributed by atoms with Crippen molar-refractivity contribution in [3.05, 3.63) is 27.9 Å². The molecule has 0 radical (unpaired) electrons. The molecular formula is C14H21N3O2. The second kappa shape index (κ2) is 5.55. The van der Waals surface area contributed by atoms with E-state index in [4.69, 9.17) is 0 Å². The van der Waals surface area contributed by atoms with E-state index in [1.54, 1.807) is 19.2 Å². The molecule has 104 valence electrons. The number of anilines is 1. The van der Waals surface area contributed by atoms with Crippen LogP contribution in [0, 0.1) is 28.9 Å². The summed E-state index contributed by atoms with van der Waals surface area (Å²) < 4.78 is 0. The van der Waals surface area contributed by atoms with E-state index in [-0.39, 0.29) is 10.6 Å². The Hall–Kier alpha value is -1.65. The molecule has 1 heterocycles. The number of aromatic nitrogens is 1. The molecule has 2 unspecified atom stereocenters. The number of rotatable bonds is 3. The highest BCUT2D eigenvalue weighted by Crippen LogP contribution is 2.30. The van der Waals surface area contributed by atoms with Gasteiger partial charge in [0.05, 0.1) is 11.0 Å². The van der Waals surface area contributed by atoms with Crippen LogP contribution in [0.4, 0.5) is 11.5 Å². The van der Waals surface area contributed by atoms with Crippen molar-refractivity contribution in [2.24, 2.45) is 11.8 Å². The van der Waals surface area contributed by atoms with Crippen LogP contribution in [0.2, 0.25) is 0 Å². The van der Waals surface area contributed by atoms with Gasteiger partial charge in [0.1, 0.15) is 5.82 Å². The minimum Gasteiger partial charge on any atom is -0.367 e. The van der Waals surface area contributed by atoms with Crippen LogP contribution in [0.25, 0.3) is 0 Å². The summed E-state index contributed by atoms with van der Waals surface area (Å²) >= 11 is 0. The molecule has 1 fully saturated rings. The van der Waals surface area contributed by atoms with Crippen molar-refractivity contribution in [3.63, 3.8) is 0 Å². The molecule has 0 aliphatic heterocycles. The maximum Gasteiger partial charge on any atom is 0.277 e. The molecule has 2 rings (SSSR count). The van der Waals surface area contributed by atoms with Gasteiger partial charge in [-0.05, 0) is 38.0 Å². The Morgan fingerprint density at radius 2 is 1.95 bits per heavy atom. The highest BCUT2D eigenvalue weighted by atomic mass is 16.6. The van der Waals surface area contributed by atoms with Gasteiger partial charge >= 0.3 is 0 Å². The SMILES string of the molecule is Cc1cnc(NC2CC(C)CC(C)C2)cc1[N+](=O)[O-]. The Kier molecular flexibility index (Phi) is 4.02. The highest BCUT2D eigenvalue weighted by molar-refractivity contribution is 5.49. The number of hydrogen-bond donors (Lipinski definition) is 1. The predicted octanol–water partition coefficient (Wildman–Crippen LogP) is 3.53. The maximum absolute atomic E-state index is 10.9. The fourth-order valence-electron chi connectivity index (χ4n) is 3.06. The Bertz CT molecular complexity index is 466. The van der Waals surface area contributed by atoms with Gasteiger partial charge in [-0.2, -0.15) is 0 Å². The zero-order valence-corrected chi connectivity index (χ0v) is 11.7. The first-order chi connectivity index (χ1) is 8.95. The molecule has 2 atom stereocenters. The smallest absolute Gasteiger partial charge is 0.277 e. The standard InChI is InChI=1S/C14H21N3O2/c1-9-4-10(2)6-12(5-9)16-14-7-13(17(18)19)11(3)8-15-14/h7-10,12H,4-6H2,1-3H3,(H,15,16). The first-order valence-electron chi connectivity index (χ1n) is 6.83. The van der Waals surface area contributed by atoms with E-state index >= 15 is 0 Å². The lowest BCUT2D eigenvalue weighted by atomic mass is 9.80. The third-order valence-corrected chi connectivity index (χ3v) is 3.80. The molecule has 1 saturated carbocycles. The summed E-state index contributed by atoms with van der Waals surface area (Å²) in [5.74, 6) is 2.01. The lowest BCUT2D eigenvalue weighted by Crippen LogP contribution is -2.30. The fourth-order valence-corrected chi connectivity index (χ4v) is 3.06. The predicted molar refractivity (Wildman–Crippen MR) is 75.2 cm³/mol. The molecule has 1 aliphatic carbocycles. The van der Waals surface area contributed by atoms with Gasteiger partial charge in [-0.3, -0.25) is 10.1 Å². The van der Waals surface area contributed by atoms with Gasteiger partial charge in [-0.1, -0.05) is 13.8 Å². The van der Waals surface area contributed by atoms with Crippen molar-refractivity contribution < 1.29 is 4.92 Å². The molecule has 0 bridgehead atoms. The van der Waals surface area contributed by atoms with E-state index in [0.29, 0.717) is 29.3 Å². The van der Waals surface area contributed by atoms with Gasteiger partial charge in [0.2, 0.25) is 0 Å². The number of nitrogens with zero attached hydrogens (tertiary/aromatic N) is 2. The van der Waals surface area contributed by atoms with Crippen LogP contribution >= 0.6 is 0 Å². The summed E-state index contributed by atoms with van der Waals surface area (Å²) in [5.41, 5.74) is 0.732. The van der Waals surface area contributed by atoms with Gasteiger partial charge in [0.25, 0.3) is 5.69 Å². The highest BCUT2D eigenvalue weighted by Gasteiger charge is 2.24. The Morgan fingerprint density at radius 3 is 2.53 bits per heavy atom. The number of hydrogen-bond acceptors (Lipinski definition) is 4. The minimum absolute atomic E-state index is 0.134. The molecule has 0 amide bonds. The lowest BCUT2D eigenvalue weighted by molar-refractivity contribution is -0.385. The molecule has 5 heteroatoms. The van der Waals surface area contributed by atoms with Crippen LogP contribution in [0.3, 0.4) is 0 Å². The Balaban J connectivity index is 2.10. The number of pyridine rings is 1. The number of nitrogens with one attached hydrogen (secondary N) is 1. The van der Waals surface area contributed by atoms with Crippen molar-refractivity contribution in [2.45, 2.75) is 46.1 Å². The zero-order valence-electron chi connectivity index (χ0n) is 11.7. The molecule has 1 aromatic rings. The van der Waals surface area contributed by atoms with Crippen LogP contribution in [0.1, 0.15) is 38.7 Å². The Labute approximate surface area is 113 Å². The average Bonchev–Trinajstić information content (AvgIpc) is 2.30. The largest absolute Gasteiger partial charge is 0.367 e. The second-order valence-electron chi connectivity index (χ2n) is 5.87. The van der Waals surface area contributed by atoms with Crippen LogP contribution in [-0.4, -0.2) is 15.9 Å². The van der Waals surface area contributed by atoms with Crippen molar-refractivity contribution in [3.8, 4) is 0 Å². The normalized spacial score (nSPS) is 27.0. The minimum atomic E-state index is -0.353. The summed E-state index contributed by atoms with van der Waals surface area (Å²) in [7, 11) is 0. The fraction of sp³-hybridized carbons (Fsp3) is 0.643. The quantitative estimate of drug-likeness (QED) is 0.669. The van der Waals surface area contributed by atoms with E-state index in [0.717, 1.165) is 12.8 Å². The molecular weight excluding hydrogens is 242 g/mol. The third kappa shape index (κ3) is 3.43. The van der Waals surface area contributed by atoms with E-state index in [1.165, 1.54) is 6.42 Å². The monoisotopic (exact) mass is 263 g/mol. The average molecular weight is 263 g/mol. The number of aryl methyl sites for hydroxylation is 1. The van der Waals surface area contributed by atoms with Crippen molar-refractivity contribution in [1.82, 2.24) is 4.98 Å². The Morgan fingerprint density at radius 1 is 1.32 bits per heavy atom. The van der Waals surface area contributed by atoms with Gasteiger partial charge in [0.15, 0.2) is 0 Å². The lowest BCUT2D eigenvalue weighted by Gasteiger charge is -2.32. The topological polar surface area (TPSA) is 68.1 Å². The first-order valence-corrected chi connectivity index (χ1v) is 6.83. The van der Waals surface area contributed by atoms with E-state index in [2.05, 4.69) is 24.1 Å². The molecule has 1 N–H and O–H groups in total. The van der Waals surface area contributed by atoms with E-state index < -0.39 is 0 Å². The molecule has 1 aromatic heterocycles. The summed E-state index contributed by atoms with van der Waals surface area (Å²) in [6, 6.07) is 1.91.